The molecule has 1 saturated heterocycles. The molecule has 1 N–H and O–H groups in total. The van der Waals surface area contributed by atoms with Crippen LogP contribution in [0.2, 0.25) is 0 Å². The van der Waals surface area contributed by atoms with Crippen LogP contribution in [0.15, 0.2) is 0 Å². The molecule has 0 aromatic heterocycles. The average Bonchev–Trinajstić information content (AvgIpc) is 2.77. The van der Waals surface area contributed by atoms with Crippen molar-refractivity contribution in [2.24, 2.45) is 11.8 Å². The van der Waals surface area contributed by atoms with E-state index in [2.05, 4.69) is 5.32 Å². The lowest BCUT2D eigenvalue weighted by Gasteiger charge is -2.13. The van der Waals surface area contributed by atoms with Crippen molar-refractivity contribution in [3.05, 3.63) is 0 Å². The van der Waals surface area contributed by atoms with Crippen LogP contribution in [0, 0.1) is 11.8 Å². The predicted octanol–water partition coefficient (Wildman–Crippen LogP) is 2.02. The standard InChI is InChI=1S/C11H20ClNO/c12-11-2-1-9(5-11)6-13-7-10-3-4-14-8-10/h9-11,13H,1-8H2. The summed E-state index contributed by atoms with van der Waals surface area (Å²) in [5, 5.41) is 3.99. The van der Waals surface area contributed by atoms with Gasteiger partial charge in [0.05, 0.1) is 6.61 Å². The summed E-state index contributed by atoms with van der Waals surface area (Å²) in [6, 6.07) is 0. The smallest absolute Gasteiger partial charge is 0.0507 e. The monoisotopic (exact) mass is 217 g/mol. The van der Waals surface area contributed by atoms with Gasteiger partial charge in [0.25, 0.3) is 0 Å². The minimum Gasteiger partial charge on any atom is -0.381 e. The van der Waals surface area contributed by atoms with Crippen LogP contribution in [0.5, 0.6) is 0 Å². The Kier molecular flexibility index (Phi) is 4.09. The molecule has 2 fully saturated rings. The summed E-state index contributed by atoms with van der Waals surface area (Å²) in [5.74, 6) is 1.57. The van der Waals surface area contributed by atoms with Crippen LogP contribution in [0.3, 0.4) is 0 Å². The van der Waals surface area contributed by atoms with Gasteiger partial charge in [-0.05, 0) is 44.1 Å². The molecule has 0 spiro atoms. The maximum Gasteiger partial charge on any atom is 0.0507 e. The average molecular weight is 218 g/mol. The molecular formula is C11H20ClNO. The molecule has 2 nitrogen and oxygen atoms in total. The van der Waals surface area contributed by atoms with Gasteiger partial charge in [0, 0.05) is 18.5 Å². The number of ether oxygens (including phenoxy) is 1. The first-order valence-electron chi connectivity index (χ1n) is 5.77. The summed E-state index contributed by atoms with van der Waals surface area (Å²) in [7, 11) is 0. The molecule has 2 aliphatic rings. The van der Waals surface area contributed by atoms with Crippen LogP contribution in [0.1, 0.15) is 25.7 Å². The first-order chi connectivity index (χ1) is 6.84. The number of alkyl halides is 1. The third-order valence-corrected chi connectivity index (χ3v) is 3.76. The second kappa shape index (κ2) is 5.34. The molecule has 82 valence electrons. The van der Waals surface area contributed by atoms with Crippen molar-refractivity contribution in [2.75, 3.05) is 26.3 Å². The van der Waals surface area contributed by atoms with Gasteiger partial charge in [-0.1, -0.05) is 0 Å². The topological polar surface area (TPSA) is 21.3 Å². The molecule has 1 saturated carbocycles. The van der Waals surface area contributed by atoms with E-state index >= 15 is 0 Å². The molecule has 1 heterocycles. The van der Waals surface area contributed by atoms with E-state index < -0.39 is 0 Å². The third kappa shape index (κ3) is 3.11. The molecule has 1 aliphatic heterocycles. The number of rotatable bonds is 4. The zero-order chi connectivity index (χ0) is 9.80. The van der Waals surface area contributed by atoms with Gasteiger partial charge < -0.3 is 10.1 Å². The second-order valence-corrected chi connectivity index (χ2v) is 5.28. The SMILES string of the molecule is ClC1CCC(CNCC2CCOC2)C1. The summed E-state index contributed by atoms with van der Waals surface area (Å²) in [5.41, 5.74) is 0. The van der Waals surface area contributed by atoms with Gasteiger partial charge in [-0.25, -0.2) is 0 Å². The fourth-order valence-corrected chi connectivity index (χ4v) is 2.81. The van der Waals surface area contributed by atoms with Crippen molar-refractivity contribution in [3.8, 4) is 0 Å². The van der Waals surface area contributed by atoms with E-state index in [1.165, 1.54) is 25.7 Å². The van der Waals surface area contributed by atoms with Gasteiger partial charge >= 0.3 is 0 Å². The van der Waals surface area contributed by atoms with Gasteiger partial charge in [-0.2, -0.15) is 0 Å². The molecule has 0 amide bonds. The number of nitrogens with one attached hydrogen (secondary N) is 1. The fraction of sp³-hybridized carbons (Fsp3) is 1.00. The summed E-state index contributed by atoms with van der Waals surface area (Å²) in [6.07, 6.45) is 4.95. The van der Waals surface area contributed by atoms with Gasteiger partial charge in [0.2, 0.25) is 0 Å². The van der Waals surface area contributed by atoms with Gasteiger partial charge in [-0.3, -0.25) is 0 Å². The number of hydrogen-bond donors (Lipinski definition) is 1. The van der Waals surface area contributed by atoms with Crippen LogP contribution in [0.25, 0.3) is 0 Å². The Morgan fingerprint density at radius 1 is 1.14 bits per heavy atom. The van der Waals surface area contributed by atoms with Gasteiger partial charge in [0.1, 0.15) is 0 Å². The maximum absolute atomic E-state index is 6.07. The Bertz CT molecular complexity index is 171. The highest BCUT2D eigenvalue weighted by Gasteiger charge is 2.23. The van der Waals surface area contributed by atoms with Crippen molar-refractivity contribution in [2.45, 2.75) is 31.1 Å². The highest BCUT2D eigenvalue weighted by molar-refractivity contribution is 6.20. The lowest BCUT2D eigenvalue weighted by atomic mass is 10.1. The molecule has 0 radical (unpaired) electrons. The van der Waals surface area contributed by atoms with Crippen molar-refractivity contribution in [3.63, 3.8) is 0 Å². The Morgan fingerprint density at radius 3 is 2.64 bits per heavy atom. The maximum atomic E-state index is 6.07. The first kappa shape index (κ1) is 10.7. The summed E-state index contributed by atoms with van der Waals surface area (Å²) < 4.78 is 5.34. The number of halogens is 1. The Hall–Kier alpha value is 0.210. The van der Waals surface area contributed by atoms with Crippen molar-refractivity contribution in [1.29, 1.82) is 0 Å². The first-order valence-corrected chi connectivity index (χ1v) is 6.21. The van der Waals surface area contributed by atoms with E-state index in [9.17, 15) is 0 Å². The van der Waals surface area contributed by atoms with Crippen molar-refractivity contribution < 1.29 is 4.74 Å². The van der Waals surface area contributed by atoms with Gasteiger partial charge in [-0.15, -0.1) is 11.6 Å². The van der Waals surface area contributed by atoms with E-state index in [0.717, 1.165) is 38.1 Å². The third-order valence-electron chi connectivity index (χ3n) is 3.37. The highest BCUT2D eigenvalue weighted by Crippen LogP contribution is 2.28. The molecule has 0 bridgehead atoms. The minimum absolute atomic E-state index is 0.441. The van der Waals surface area contributed by atoms with E-state index in [4.69, 9.17) is 16.3 Å². The lowest BCUT2D eigenvalue weighted by molar-refractivity contribution is 0.185. The summed E-state index contributed by atoms with van der Waals surface area (Å²) in [4.78, 5) is 0. The molecular weight excluding hydrogens is 198 g/mol. The van der Waals surface area contributed by atoms with Gasteiger partial charge in [0.15, 0.2) is 0 Å². The summed E-state index contributed by atoms with van der Waals surface area (Å²) >= 11 is 6.07. The minimum atomic E-state index is 0.441. The van der Waals surface area contributed by atoms with Crippen LogP contribution >= 0.6 is 11.6 Å². The molecule has 14 heavy (non-hydrogen) atoms. The quantitative estimate of drug-likeness (QED) is 0.728. The molecule has 0 aromatic rings. The second-order valence-electron chi connectivity index (χ2n) is 4.66. The molecule has 3 atom stereocenters. The van der Waals surface area contributed by atoms with E-state index in [1.54, 1.807) is 0 Å². The Morgan fingerprint density at radius 2 is 2.00 bits per heavy atom. The number of hydrogen-bond acceptors (Lipinski definition) is 2. The van der Waals surface area contributed by atoms with Crippen LogP contribution in [-0.4, -0.2) is 31.7 Å². The molecule has 0 aromatic carbocycles. The fourth-order valence-electron chi connectivity index (χ4n) is 2.44. The Labute approximate surface area is 91.3 Å². The Balaban J connectivity index is 1.54. The van der Waals surface area contributed by atoms with Crippen molar-refractivity contribution >= 4 is 11.6 Å². The van der Waals surface area contributed by atoms with Crippen LogP contribution in [0.4, 0.5) is 0 Å². The normalized spacial score (nSPS) is 37.9. The molecule has 3 heteroatoms. The zero-order valence-electron chi connectivity index (χ0n) is 8.68. The van der Waals surface area contributed by atoms with Crippen LogP contribution < -0.4 is 5.32 Å². The van der Waals surface area contributed by atoms with E-state index in [-0.39, 0.29) is 0 Å². The largest absolute Gasteiger partial charge is 0.381 e. The molecule has 3 unspecified atom stereocenters. The lowest BCUT2D eigenvalue weighted by Crippen LogP contribution is -2.27. The van der Waals surface area contributed by atoms with Crippen molar-refractivity contribution in [1.82, 2.24) is 5.32 Å². The zero-order valence-corrected chi connectivity index (χ0v) is 9.43. The van der Waals surface area contributed by atoms with Crippen LogP contribution in [-0.2, 0) is 4.74 Å². The summed E-state index contributed by atoms with van der Waals surface area (Å²) in [6.45, 7) is 4.19. The molecule has 1 aliphatic carbocycles. The molecule has 2 rings (SSSR count). The van der Waals surface area contributed by atoms with E-state index in [1.807, 2.05) is 0 Å². The predicted molar refractivity (Wildman–Crippen MR) is 58.8 cm³/mol. The highest BCUT2D eigenvalue weighted by atomic mass is 35.5. The van der Waals surface area contributed by atoms with E-state index in [0.29, 0.717) is 5.38 Å².